The molecule has 1 N–H and O–H groups in total. The van der Waals surface area contributed by atoms with E-state index in [1.54, 1.807) is 18.6 Å². The minimum atomic E-state index is 0.559. The molecule has 0 radical (unpaired) electrons. The van der Waals surface area contributed by atoms with Crippen molar-refractivity contribution >= 4 is 16.6 Å². The van der Waals surface area contributed by atoms with Crippen LogP contribution in [0.5, 0.6) is 0 Å². The fraction of sp³-hybridized carbons (Fsp3) is 0.286. The maximum atomic E-state index is 4.56. The van der Waals surface area contributed by atoms with E-state index in [1.165, 1.54) is 6.42 Å². The van der Waals surface area contributed by atoms with Gasteiger partial charge in [0.1, 0.15) is 5.82 Å². The number of nitrogens with zero attached hydrogens (tertiary/aromatic N) is 5. The van der Waals surface area contributed by atoms with Crippen LogP contribution in [0.1, 0.15) is 6.42 Å². The molecule has 0 aliphatic carbocycles. The Bertz CT molecular complexity index is 1000. The molecule has 2 atom stereocenters. The molecule has 2 bridgehead atoms. The molecule has 5 rings (SSSR count). The first kappa shape index (κ1) is 16.2. The molecule has 2 fully saturated rings. The molecule has 1 unspecified atom stereocenters. The number of likely N-dealkylation sites (tertiary alicyclic amines) is 2. The van der Waals surface area contributed by atoms with Crippen molar-refractivity contribution in [3.63, 3.8) is 0 Å². The number of nitrogens with one attached hydrogen (secondary N) is 1. The summed E-state index contributed by atoms with van der Waals surface area (Å²) in [6, 6.07) is 9.52. The summed E-state index contributed by atoms with van der Waals surface area (Å²) in [7, 11) is 2.21. The van der Waals surface area contributed by atoms with Crippen LogP contribution in [0.4, 0.5) is 5.82 Å². The lowest BCUT2D eigenvalue weighted by Crippen LogP contribution is -2.44. The van der Waals surface area contributed by atoms with Gasteiger partial charge in [-0.25, -0.2) is 4.98 Å². The van der Waals surface area contributed by atoms with Gasteiger partial charge in [-0.1, -0.05) is 18.7 Å². The molecule has 1 aromatic carbocycles. The summed E-state index contributed by atoms with van der Waals surface area (Å²) < 4.78 is 0. The molecule has 2 aliphatic heterocycles. The third-order valence-corrected chi connectivity index (χ3v) is 5.71. The van der Waals surface area contributed by atoms with Gasteiger partial charge in [-0.15, -0.1) is 0 Å². The Morgan fingerprint density at radius 3 is 2.74 bits per heavy atom. The third-order valence-electron chi connectivity index (χ3n) is 5.71. The van der Waals surface area contributed by atoms with Crippen molar-refractivity contribution in [2.75, 3.05) is 25.5 Å². The summed E-state index contributed by atoms with van der Waals surface area (Å²) in [5, 5.41) is 5.62. The molecule has 0 spiro atoms. The number of rotatable bonds is 4. The van der Waals surface area contributed by atoms with Crippen LogP contribution in [0.2, 0.25) is 0 Å². The number of piperazine rings is 1. The molecule has 2 aromatic heterocycles. The molecular formula is C21H22N6. The number of aromatic nitrogens is 3. The van der Waals surface area contributed by atoms with Gasteiger partial charge in [0.25, 0.3) is 0 Å². The largest absolute Gasteiger partial charge is 0.353 e. The van der Waals surface area contributed by atoms with Gasteiger partial charge < -0.3 is 10.2 Å². The highest BCUT2D eigenvalue weighted by Gasteiger charge is 2.41. The highest BCUT2D eigenvalue weighted by molar-refractivity contribution is 5.88. The van der Waals surface area contributed by atoms with Crippen LogP contribution >= 0.6 is 0 Å². The summed E-state index contributed by atoms with van der Waals surface area (Å²) in [4.78, 5) is 17.9. The highest BCUT2D eigenvalue weighted by atomic mass is 15.4. The van der Waals surface area contributed by atoms with E-state index in [0.717, 1.165) is 46.8 Å². The van der Waals surface area contributed by atoms with Crippen LogP contribution in [0.3, 0.4) is 0 Å². The maximum absolute atomic E-state index is 4.56. The van der Waals surface area contributed by atoms with Gasteiger partial charge in [0, 0.05) is 54.7 Å². The molecule has 0 amide bonds. The standard InChI is InChI=1S/C21H22N6/c1-14(27-13-18-9-19(27)12-26(18)2)25-21-8-17-7-15(3-4-16(17)10-24-21)20-11-22-5-6-23-20/h3-8,10-11,18-19H,1,9,12-13H2,2H3,(H,24,25)/t18?,19-/m0/s1. The summed E-state index contributed by atoms with van der Waals surface area (Å²) in [6.07, 6.45) is 8.30. The van der Waals surface area contributed by atoms with Crippen LogP contribution in [0, 0.1) is 0 Å². The quantitative estimate of drug-likeness (QED) is 0.774. The third kappa shape index (κ3) is 2.92. The Hall–Kier alpha value is -2.99. The topological polar surface area (TPSA) is 57.2 Å². The molecule has 4 heterocycles. The molecule has 0 saturated carbocycles. The van der Waals surface area contributed by atoms with E-state index in [-0.39, 0.29) is 0 Å². The number of fused-ring (bicyclic) bond motifs is 3. The molecular weight excluding hydrogens is 336 g/mol. The second-order valence-corrected chi connectivity index (χ2v) is 7.43. The molecule has 6 nitrogen and oxygen atoms in total. The molecule has 27 heavy (non-hydrogen) atoms. The lowest BCUT2D eigenvalue weighted by Gasteiger charge is -2.34. The Balaban J connectivity index is 1.38. The van der Waals surface area contributed by atoms with Gasteiger partial charge in [0.05, 0.1) is 17.7 Å². The smallest absolute Gasteiger partial charge is 0.131 e. The van der Waals surface area contributed by atoms with Crippen LogP contribution in [0.25, 0.3) is 22.0 Å². The minimum Gasteiger partial charge on any atom is -0.353 e. The van der Waals surface area contributed by atoms with Crippen molar-refractivity contribution in [3.05, 3.63) is 61.5 Å². The zero-order valence-corrected chi connectivity index (χ0v) is 15.3. The summed E-state index contributed by atoms with van der Waals surface area (Å²) in [5.74, 6) is 1.76. The van der Waals surface area contributed by atoms with E-state index in [9.17, 15) is 0 Å². The van der Waals surface area contributed by atoms with Crippen LogP contribution in [-0.4, -0.2) is 57.0 Å². The molecule has 3 aromatic rings. The lowest BCUT2D eigenvalue weighted by atomic mass is 10.1. The number of hydrogen-bond acceptors (Lipinski definition) is 6. The van der Waals surface area contributed by atoms with Gasteiger partial charge in [-0.05, 0) is 31.0 Å². The van der Waals surface area contributed by atoms with Gasteiger partial charge in [0.2, 0.25) is 0 Å². The van der Waals surface area contributed by atoms with Crippen LogP contribution in [0.15, 0.2) is 61.5 Å². The van der Waals surface area contributed by atoms with Crippen LogP contribution in [-0.2, 0) is 0 Å². The van der Waals surface area contributed by atoms with E-state index in [1.807, 2.05) is 6.20 Å². The van der Waals surface area contributed by atoms with E-state index >= 15 is 0 Å². The highest BCUT2D eigenvalue weighted by Crippen LogP contribution is 2.32. The average molecular weight is 358 g/mol. The molecule has 6 heteroatoms. The minimum absolute atomic E-state index is 0.559. The number of anilines is 1. The van der Waals surface area contributed by atoms with Gasteiger partial charge in [-0.2, -0.15) is 0 Å². The molecule has 136 valence electrons. The van der Waals surface area contributed by atoms with Gasteiger partial charge in [0.15, 0.2) is 0 Å². The number of likely N-dealkylation sites (N-methyl/N-ethyl adjacent to an activating group) is 1. The first-order valence-corrected chi connectivity index (χ1v) is 9.26. The SMILES string of the molecule is C=C(Nc1cc2cc(-c3cnccn3)ccc2cn1)N1CC2C[C@H]1CN2C. The first-order valence-electron chi connectivity index (χ1n) is 9.26. The van der Waals surface area contributed by atoms with Crippen molar-refractivity contribution < 1.29 is 0 Å². The number of pyridine rings is 1. The lowest BCUT2D eigenvalue weighted by molar-refractivity contribution is 0.183. The predicted octanol–water partition coefficient (Wildman–Crippen LogP) is 2.96. The molecule has 2 saturated heterocycles. The summed E-state index contributed by atoms with van der Waals surface area (Å²) >= 11 is 0. The van der Waals surface area contributed by atoms with Crippen molar-refractivity contribution in [1.82, 2.24) is 24.8 Å². The average Bonchev–Trinajstić information content (AvgIpc) is 3.27. The zero-order chi connectivity index (χ0) is 18.4. The van der Waals surface area contributed by atoms with E-state index in [2.05, 4.69) is 68.0 Å². The second-order valence-electron chi connectivity index (χ2n) is 7.43. The van der Waals surface area contributed by atoms with Crippen molar-refractivity contribution in [3.8, 4) is 11.3 Å². The Morgan fingerprint density at radius 1 is 1.07 bits per heavy atom. The maximum Gasteiger partial charge on any atom is 0.131 e. The molecule has 2 aliphatic rings. The van der Waals surface area contributed by atoms with Crippen molar-refractivity contribution in [2.24, 2.45) is 0 Å². The van der Waals surface area contributed by atoms with E-state index in [0.29, 0.717) is 12.1 Å². The van der Waals surface area contributed by atoms with Crippen molar-refractivity contribution in [1.29, 1.82) is 0 Å². The Kier molecular flexibility index (Phi) is 3.79. The predicted molar refractivity (Wildman–Crippen MR) is 107 cm³/mol. The summed E-state index contributed by atoms with van der Waals surface area (Å²) in [6.45, 7) is 6.41. The van der Waals surface area contributed by atoms with Crippen molar-refractivity contribution in [2.45, 2.75) is 18.5 Å². The normalized spacial score (nSPS) is 21.7. The monoisotopic (exact) mass is 358 g/mol. The number of hydrogen-bond donors (Lipinski definition) is 1. The summed E-state index contributed by atoms with van der Waals surface area (Å²) in [5.41, 5.74) is 1.92. The van der Waals surface area contributed by atoms with E-state index < -0.39 is 0 Å². The second kappa shape index (κ2) is 6.32. The first-order chi connectivity index (χ1) is 13.2. The Morgan fingerprint density at radius 2 is 2.00 bits per heavy atom. The van der Waals surface area contributed by atoms with Crippen LogP contribution < -0.4 is 5.32 Å². The van der Waals surface area contributed by atoms with Gasteiger partial charge in [-0.3, -0.25) is 14.9 Å². The Labute approximate surface area is 158 Å². The number of benzene rings is 1. The van der Waals surface area contributed by atoms with Gasteiger partial charge >= 0.3 is 0 Å². The fourth-order valence-corrected chi connectivity index (χ4v) is 4.23. The van der Waals surface area contributed by atoms with E-state index in [4.69, 9.17) is 0 Å². The fourth-order valence-electron chi connectivity index (χ4n) is 4.23. The zero-order valence-electron chi connectivity index (χ0n) is 15.3.